The second-order valence-electron chi connectivity index (χ2n) is 5.64. The summed E-state index contributed by atoms with van der Waals surface area (Å²) in [5, 5.41) is 13.9. The number of imidazole rings is 1. The van der Waals surface area contributed by atoms with Gasteiger partial charge in [0.15, 0.2) is 0 Å². The molecule has 0 aliphatic rings. The van der Waals surface area contributed by atoms with Gasteiger partial charge in [0.1, 0.15) is 6.54 Å². The Hall–Kier alpha value is -2.94. The summed E-state index contributed by atoms with van der Waals surface area (Å²) in [6.07, 6.45) is 3.17. The highest BCUT2D eigenvalue weighted by Crippen LogP contribution is 2.27. The van der Waals surface area contributed by atoms with Crippen molar-refractivity contribution in [2.45, 2.75) is 13.5 Å². The SMILES string of the molecule is Cc1nn(CC(=O)O)cc1-n1c(=O)[nH]c2cnc3ccc(Br)cc3c21. The number of carboxylic acids is 1. The molecule has 3 heterocycles. The van der Waals surface area contributed by atoms with Gasteiger partial charge in [0.05, 0.1) is 40.3 Å². The van der Waals surface area contributed by atoms with E-state index in [1.807, 2.05) is 18.2 Å². The van der Waals surface area contributed by atoms with Gasteiger partial charge in [0.25, 0.3) is 0 Å². The molecule has 0 aliphatic carbocycles. The van der Waals surface area contributed by atoms with Gasteiger partial charge in [-0.15, -0.1) is 0 Å². The zero-order valence-electron chi connectivity index (χ0n) is 13.0. The molecule has 9 heteroatoms. The maximum atomic E-state index is 12.6. The molecule has 0 aliphatic heterocycles. The Balaban J connectivity index is 2.06. The van der Waals surface area contributed by atoms with Gasteiger partial charge in [0, 0.05) is 9.86 Å². The summed E-state index contributed by atoms with van der Waals surface area (Å²) in [4.78, 5) is 30.6. The van der Waals surface area contributed by atoms with E-state index in [9.17, 15) is 9.59 Å². The van der Waals surface area contributed by atoms with Gasteiger partial charge in [-0.1, -0.05) is 15.9 Å². The Labute approximate surface area is 148 Å². The minimum atomic E-state index is -1.00. The van der Waals surface area contributed by atoms with E-state index < -0.39 is 5.97 Å². The number of fused-ring (bicyclic) bond motifs is 3. The van der Waals surface area contributed by atoms with Crippen molar-refractivity contribution in [3.05, 3.63) is 51.2 Å². The number of benzene rings is 1. The first-order valence-corrected chi connectivity index (χ1v) is 8.18. The molecule has 0 saturated carbocycles. The lowest BCUT2D eigenvalue weighted by molar-refractivity contribution is -0.137. The molecule has 0 bridgehead atoms. The van der Waals surface area contributed by atoms with Crippen LogP contribution >= 0.6 is 15.9 Å². The zero-order chi connectivity index (χ0) is 17.7. The van der Waals surface area contributed by atoms with Gasteiger partial charge in [-0.3, -0.25) is 19.0 Å². The number of pyridine rings is 1. The highest BCUT2D eigenvalue weighted by molar-refractivity contribution is 9.10. The number of aliphatic carboxylic acids is 1. The maximum Gasteiger partial charge on any atom is 0.331 e. The molecule has 2 N–H and O–H groups in total. The molecule has 0 fully saturated rings. The standard InChI is InChI=1S/C16H12BrN5O3/c1-8-13(6-21(20-8)7-14(23)24)22-15-10-4-9(17)2-3-11(10)18-5-12(15)19-16(22)25/h2-6H,7H2,1H3,(H,19,25)(H,23,24). The van der Waals surface area contributed by atoms with E-state index >= 15 is 0 Å². The number of H-pyrrole nitrogens is 1. The fraction of sp³-hybridized carbons (Fsp3) is 0.125. The number of hydrogen-bond acceptors (Lipinski definition) is 4. The Morgan fingerprint density at radius 1 is 1.40 bits per heavy atom. The number of nitrogens with one attached hydrogen (secondary N) is 1. The van der Waals surface area contributed by atoms with E-state index in [2.05, 4.69) is 31.0 Å². The zero-order valence-corrected chi connectivity index (χ0v) is 14.6. The Morgan fingerprint density at radius 3 is 2.96 bits per heavy atom. The lowest BCUT2D eigenvalue weighted by Gasteiger charge is -2.05. The molecule has 126 valence electrons. The molecule has 1 aromatic carbocycles. The molecule has 0 spiro atoms. The van der Waals surface area contributed by atoms with E-state index in [4.69, 9.17) is 5.11 Å². The van der Waals surface area contributed by atoms with Gasteiger partial charge in [-0.05, 0) is 25.1 Å². The number of nitrogens with zero attached hydrogens (tertiary/aromatic N) is 4. The second kappa shape index (κ2) is 5.55. The molecule has 4 rings (SSSR count). The topological polar surface area (TPSA) is 106 Å². The Bertz CT molecular complexity index is 1200. The lowest BCUT2D eigenvalue weighted by atomic mass is 10.2. The van der Waals surface area contributed by atoms with Crippen LogP contribution in [0.2, 0.25) is 0 Å². The van der Waals surface area contributed by atoms with Crippen molar-refractivity contribution in [2.75, 3.05) is 0 Å². The van der Waals surface area contributed by atoms with Crippen LogP contribution in [0.15, 0.2) is 39.9 Å². The summed E-state index contributed by atoms with van der Waals surface area (Å²) in [6.45, 7) is 1.46. The number of aromatic amines is 1. The predicted molar refractivity (Wildman–Crippen MR) is 95.1 cm³/mol. The smallest absolute Gasteiger partial charge is 0.331 e. The number of carboxylic acid groups (broad SMARTS) is 1. The summed E-state index contributed by atoms with van der Waals surface area (Å²) >= 11 is 3.44. The molecular formula is C16H12BrN5O3. The van der Waals surface area contributed by atoms with Crippen molar-refractivity contribution < 1.29 is 9.90 Å². The lowest BCUT2D eigenvalue weighted by Crippen LogP contribution is -2.15. The van der Waals surface area contributed by atoms with Crippen LogP contribution in [0, 0.1) is 6.92 Å². The fourth-order valence-corrected chi connectivity index (χ4v) is 3.29. The molecular weight excluding hydrogens is 390 g/mol. The Morgan fingerprint density at radius 2 is 2.20 bits per heavy atom. The van der Waals surface area contributed by atoms with Gasteiger partial charge < -0.3 is 10.1 Å². The third-order valence-corrected chi connectivity index (χ3v) is 4.42. The number of rotatable bonds is 3. The van der Waals surface area contributed by atoms with Crippen LogP contribution in [-0.4, -0.2) is 35.4 Å². The third-order valence-electron chi connectivity index (χ3n) is 3.93. The quantitative estimate of drug-likeness (QED) is 0.547. The molecule has 4 aromatic rings. The summed E-state index contributed by atoms with van der Waals surface area (Å²) in [7, 11) is 0. The van der Waals surface area contributed by atoms with Crippen LogP contribution < -0.4 is 5.69 Å². The predicted octanol–water partition coefficient (Wildman–Crippen LogP) is 2.22. The largest absolute Gasteiger partial charge is 0.480 e. The van der Waals surface area contributed by atoms with Crippen LogP contribution in [0.5, 0.6) is 0 Å². The van der Waals surface area contributed by atoms with Gasteiger partial charge in [-0.25, -0.2) is 4.79 Å². The van der Waals surface area contributed by atoms with Crippen molar-refractivity contribution in [2.24, 2.45) is 0 Å². The van der Waals surface area contributed by atoms with E-state index in [1.54, 1.807) is 19.3 Å². The first-order chi connectivity index (χ1) is 11.9. The van der Waals surface area contributed by atoms with Crippen LogP contribution in [0.25, 0.3) is 27.6 Å². The fourth-order valence-electron chi connectivity index (χ4n) is 2.93. The number of aromatic nitrogens is 5. The number of aryl methyl sites for hydroxylation is 1. The normalized spacial score (nSPS) is 11.4. The average molecular weight is 402 g/mol. The van der Waals surface area contributed by atoms with Gasteiger partial charge in [-0.2, -0.15) is 5.10 Å². The minimum absolute atomic E-state index is 0.272. The summed E-state index contributed by atoms with van der Waals surface area (Å²) in [5.41, 5.74) is 2.78. The van der Waals surface area contributed by atoms with E-state index in [0.29, 0.717) is 22.4 Å². The highest BCUT2D eigenvalue weighted by Gasteiger charge is 2.17. The maximum absolute atomic E-state index is 12.6. The van der Waals surface area contributed by atoms with Crippen molar-refractivity contribution >= 4 is 43.8 Å². The molecule has 0 unspecified atom stereocenters. The number of halogens is 1. The summed E-state index contributed by atoms with van der Waals surface area (Å²) in [5.74, 6) is -1.00. The molecule has 25 heavy (non-hydrogen) atoms. The van der Waals surface area contributed by atoms with Crippen molar-refractivity contribution in [1.29, 1.82) is 0 Å². The van der Waals surface area contributed by atoms with Crippen molar-refractivity contribution in [1.82, 2.24) is 24.3 Å². The molecule has 0 radical (unpaired) electrons. The molecule has 0 atom stereocenters. The molecule has 8 nitrogen and oxygen atoms in total. The second-order valence-corrected chi connectivity index (χ2v) is 6.55. The average Bonchev–Trinajstić information content (AvgIpc) is 3.05. The van der Waals surface area contributed by atoms with Gasteiger partial charge >= 0.3 is 11.7 Å². The minimum Gasteiger partial charge on any atom is -0.480 e. The van der Waals surface area contributed by atoms with Crippen molar-refractivity contribution in [3.63, 3.8) is 0 Å². The first-order valence-electron chi connectivity index (χ1n) is 7.39. The van der Waals surface area contributed by atoms with Crippen LogP contribution in [-0.2, 0) is 11.3 Å². The summed E-state index contributed by atoms with van der Waals surface area (Å²) < 4.78 is 3.68. The van der Waals surface area contributed by atoms with Gasteiger partial charge in [0.2, 0.25) is 0 Å². The molecule has 3 aromatic heterocycles. The van der Waals surface area contributed by atoms with Crippen molar-refractivity contribution in [3.8, 4) is 5.69 Å². The Kier molecular flexibility index (Phi) is 3.46. The molecule has 0 saturated heterocycles. The highest BCUT2D eigenvalue weighted by atomic mass is 79.9. The first kappa shape index (κ1) is 15.6. The number of hydrogen-bond donors (Lipinski definition) is 2. The monoisotopic (exact) mass is 401 g/mol. The van der Waals surface area contributed by atoms with E-state index in [-0.39, 0.29) is 12.2 Å². The number of carbonyl (C=O) groups is 1. The van der Waals surface area contributed by atoms with E-state index in [0.717, 1.165) is 15.4 Å². The third kappa shape index (κ3) is 2.52. The van der Waals surface area contributed by atoms with E-state index in [1.165, 1.54) is 9.25 Å². The van der Waals surface area contributed by atoms with Crippen LogP contribution in [0.1, 0.15) is 5.69 Å². The summed E-state index contributed by atoms with van der Waals surface area (Å²) in [6, 6.07) is 5.64. The van der Waals surface area contributed by atoms with Crippen LogP contribution in [0.3, 0.4) is 0 Å². The van der Waals surface area contributed by atoms with Crippen LogP contribution in [0.4, 0.5) is 0 Å². The molecule has 0 amide bonds.